The van der Waals surface area contributed by atoms with Crippen LogP contribution < -0.4 is 9.46 Å². The fourth-order valence-corrected chi connectivity index (χ4v) is 5.54. The zero-order valence-electron chi connectivity index (χ0n) is 20.9. The van der Waals surface area contributed by atoms with E-state index in [4.69, 9.17) is 4.74 Å². The smallest absolute Gasteiger partial charge is 0.262 e. The number of nitrogens with one attached hydrogen (secondary N) is 1. The highest BCUT2D eigenvalue weighted by atomic mass is 32.2. The van der Waals surface area contributed by atoms with Gasteiger partial charge in [-0.2, -0.15) is 0 Å². The van der Waals surface area contributed by atoms with Crippen LogP contribution >= 0.6 is 0 Å². The Hall–Kier alpha value is -2.69. The highest BCUT2D eigenvalue weighted by Gasteiger charge is 2.35. The number of hydrogen-bond donors (Lipinski definition) is 2. The predicted molar refractivity (Wildman–Crippen MR) is 135 cm³/mol. The van der Waals surface area contributed by atoms with E-state index in [0.717, 1.165) is 18.7 Å². The molecule has 10 heteroatoms. The first-order valence-corrected chi connectivity index (χ1v) is 13.8. The van der Waals surface area contributed by atoms with Gasteiger partial charge in [-0.15, -0.1) is 0 Å². The molecule has 4 rings (SSSR count). The molecule has 2 aliphatic rings. The first-order valence-electron chi connectivity index (χ1n) is 12.3. The number of fused-ring (bicyclic) bond motifs is 1. The molecule has 0 saturated heterocycles. The lowest BCUT2D eigenvalue weighted by molar-refractivity contribution is 0.0346. The number of carbonyl (C=O) groups excluding carboxylic acids is 1. The zero-order valence-corrected chi connectivity index (χ0v) is 21.7. The van der Waals surface area contributed by atoms with Gasteiger partial charge in [-0.05, 0) is 69.1 Å². The minimum atomic E-state index is -4.07. The molecule has 0 unspecified atom stereocenters. The lowest BCUT2D eigenvalue weighted by Crippen LogP contribution is -2.50. The van der Waals surface area contributed by atoms with E-state index >= 15 is 0 Å². The molecular formula is C26H34FN3O5S. The SMILES string of the molecule is C[C@@H]1CN([C@@H](C)CO)C(=O)c2cccc(NS(=O)(=O)c3ccc(F)cc3)c2O[C@H]1CN(C)CC1CC1. The summed E-state index contributed by atoms with van der Waals surface area (Å²) in [5, 5.41) is 9.82. The molecule has 3 atom stereocenters. The van der Waals surface area contributed by atoms with Crippen LogP contribution in [0.3, 0.4) is 0 Å². The Morgan fingerprint density at radius 2 is 1.89 bits per heavy atom. The number of carbonyl (C=O) groups is 1. The number of aliphatic hydroxyl groups excluding tert-OH is 1. The van der Waals surface area contributed by atoms with Crippen LogP contribution in [-0.4, -0.2) is 74.7 Å². The van der Waals surface area contributed by atoms with Crippen molar-refractivity contribution in [1.29, 1.82) is 0 Å². The van der Waals surface area contributed by atoms with Gasteiger partial charge in [-0.1, -0.05) is 13.0 Å². The quantitative estimate of drug-likeness (QED) is 0.528. The number of rotatable bonds is 9. The van der Waals surface area contributed by atoms with Gasteiger partial charge in [0.05, 0.1) is 28.8 Å². The average Bonchev–Trinajstić information content (AvgIpc) is 3.65. The van der Waals surface area contributed by atoms with Crippen LogP contribution in [0.4, 0.5) is 10.1 Å². The Bertz CT molecular complexity index is 1190. The van der Waals surface area contributed by atoms with Crippen molar-refractivity contribution in [1.82, 2.24) is 9.80 Å². The van der Waals surface area contributed by atoms with Gasteiger partial charge in [-0.3, -0.25) is 9.52 Å². The summed E-state index contributed by atoms with van der Waals surface area (Å²) in [6, 6.07) is 8.82. The average molecular weight is 520 g/mol. The van der Waals surface area contributed by atoms with Gasteiger partial charge in [0.1, 0.15) is 11.9 Å². The maximum absolute atomic E-state index is 13.5. The fourth-order valence-electron chi connectivity index (χ4n) is 4.48. The van der Waals surface area contributed by atoms with Gasteiger partial charge in [0.15, 0.2) is 5.75 Å². The Balaban J connectivity index is 1.72. The summed E-state index contributed by atoms with van der Waals surface area (Å²) < 4.78 is 48.5. The van der Waals surface area contributed by atoms with Crippen LogP contribution in [0.2, 0.25) is 0 Å². The Morgan fingerprint density at radius 1 is 1.19 bits per heavy atom. The number of ether oxygens (including phenoxy) is 1. The molecule has 0 aromatic heterocycles. The normalized spacial score (nSPS) is 21.4. The van der Waals surface area contributed by atoms with Gasteiger partial charge in [0.25, 0.3) is 15.9 Å². The molecule has 2 aromatic carbocycles. The predicted octanol–water partition coefficient (Wildman–Crippen LogP) is 3.19. The first kappa shape index (κ1) is 26.4. The summed E-state index contributed by atoms with van der Waals surface area (Å²) >= 11 is 0. The van der Waals surface area contributed by atoms with E-state index in [9.17, 15) is 22.7 Å². The lowest BCUT2D eigenvalue weighted by atomic mass is 9.99. The largest absolute Gasteiger partial charge is 0.486 e. The summed E-state index contributed by atoms with van der Waals surface area (Å²) in [6.45, 7) is 5.53. The van der Waals surface area contributed by atoms with Crippen molar-refractivity contribution in [3.63, 3.8) is 0 Å². The second-order valence-corrected chi connectivity index (χ2v) is 11.7. The zero-order chi connectivity index (χ0) is 26.0. The second-order valence-electron chi connectivity index (χ2n) is 10.0. The number of sulfonamides is 1. The number of benzene rings is 2. The van der Waals surface area contributed by atoms with Crippen LogP contribution in [0.1, 0.15) is 37.0 Å². The maximum Gasteiger partial charge on any atom is 0.262 e. The van der Waals surface area contributed by atoms with E-state index in [1.165, 1.54) is 25.0 Å². The van der Waals surface area contributed by atoms with Crippen LogP contribution in [0.5, 0.6) is 5.75 Å². The number of nitrogens with zero attached hydrogens (tertiary/aromatic N) is 2. The summed E-state index contributed by atoms with van der Waals surface area (Å²) in [7, 11) is -2.03. The molecule has 0 bridgehead atoms. The van der Waals surface area contributed by atoms with Gasteiger partial charge in [0.2, 0.25) is 0 Å². The third kappa shape index (κ3) is 5.99. The molecule has 1 amide bonds. The van der Waals surface area contributed by atoms with Gasteiger partial charge in [-0.25, -0.2) is 12.8 Å². The fraction of sp³-hybridized carbons (Fsp3) is 0.500. The van der Waals surface area contributed by atoms with Crippen LogP contribution in [0.25, 0.3) is 0 Å². The maximum atomic E-state index is 13.5. The molecule has 2 aromatic rings. The third-order valence-corrected chi connectivity index (χ3v) is 8.20. The molecule has 1 saturated carbocycles. The molecule has 1 heterocycles. The van der Waals surface area contributed by atoms with Gasteiger partial charge in [0, 0.05) is 25.6 Å². The van der Waals surface area contributed by atoms with Crippen molar-refractivity contribution in [2.75, 3.05) is 38.0 Å². The number of likely N-dealkylation sites (N-methyl/N-ethyl adjacent to an activating group) is 1. The Kier molecular flexibility index (Phi) is 7.87. The van der Waals surface area contributed by atoms with Crippen molar-refractivity contribution < 1.29 is 27.4 Å². The number of amides is 1. The molecule has 1 aliphatic heterocycles. The number of para-hydroxylation sites is 1. The molecule has 0 radical (unpaired) electrons. The standard InChI is InChI=1S/C26H34FN3O5S/c1-17-13-30(18(2)16-31)26(32)22-5-4-6-23(28-36(33,34)21-11-9-20(27)10-12-21)25(22)35-24(17)15-29(3)14-19-7-8-19/h4-6,9-12,17-19,24,28,31H,7-8,13-16H2,1-3H3/t17-,18+,24+/m1/s1. The van der Waals surface area contributed by atoms with E-state index in [-0.39, 0.29) is 46.4 Å². The molecule has 2 N–H and O–H groups in total. The highest BCUT2D eigenvalue weighted by Crippen LogP contribution is 2.36. The van der Waals surface area contributed by atoms with E-state index in [0.29, 0.717) is 19.0 Å². The molecule has 1 fully saturated rings. The number of aliphatic hydroxyl groups is 1. The second kappa shape index (κ2) is 10.7. The van der Waals surface area contributed by atoms with E-state index in [2.05, 4.69) is 9.62 Å². The molecular weight excluding hydrogens is 485 g/mol. The minimum absolute atomic E-state index is 0.0838. The van der Waals surface area contributed by atoms with Crippen molar-refractivity contribution >= 4 is 21.6 Å². The molecule has 1 aliphatic carbocycles. The number of halogens is 1. The minimum Gasteiger partial charge on any atom is -0.486 e. The van der Waals surface area contributed by atoms with E-state index < -0.39 is 21.9 Å². The molecule has 0 spiro atoms. The van der Waals surface area contributed by atoms with Crippen molar-refractivity contribution in [3.05, 3.63) is 53.8 Å². The van der Waals surface area contributed by atoms with Crippen molar-refractivity contribution in [2.24, 2.45) is 11.8 Å². The monoisotopic (exact) mass is 519 g/mol. The summed E-state index contributed by atoms with van der Waals surface area (Å²) in [6.07, 6.45) is 2.12. The number of hydrogen-bond acceptors (Lipinski definition) is 6. The molecule has 36 heavy (non-hydrogen) atoms. The third-order valence-electron chi connectivity index (χ3n) is 6.82. The summed E-state index contributed by atoms with van der Waals surface area (Å²) in [5.74, 6) is -0.125. The van der Waals surface area contributed by atoms with Crippen LogP contribution in [0.15, 0.2) is 47.4 Å². The molecule has 8 nitrogen and oxygen atoms in total. The number of anilines is 1. The Morgan fingerprint density at radius 3 is 2.53 bits per heavy atom. The summed E-state index contributed by atoms with van der Waals surface area (Å²) in [4.78, 5) is 17.3. The van der Waals surface area contributed by atoms with E-state index in [1.54, 1.807) is 30.0 Å². The van der Waals surface area contributed by atoms with E-state index in [1.807, 2.05) is 14.0 Å². The summed E-state index contributed by atoms with van der Waals surface area (Å²) in [5.41, 5.74) is 0.349. The van der Waals surface area contributed by atoms with Crippen LogP contribution in [0, 0.1) is 17.7 Å². The lowest BCUT2D eigenvalue weighted by Gasteiger charge is -2.38. The van der Waals surface area contributed by atoms with Crippen molar-refractivity contribution in [3.8, 4) is 5.75 Å². The van der Waals surface area contributed by atoms with Crippen molar-refractivity contribution in [2.45, 2.75) is 43.7 Å². The molecule has 196 valence electrons. The van der Waals surface area contributed by atoms with Crippen LogP contribution in [-0.2, 0) is 10.0 Å². The van der Waals surface area contributed by atoms with Gasteiger partial charge < -0.3 is 19.6 Å². The highest BCUT2D eigenvalue weighted by molar-refractivity contribution is 7.92. The van der Waals surface area contributed by atoms with Gasteiger partial charge >= 0.3 is 0 Å². The Labute approximate surface area is 212 Å². The topological polar surface area (TPSA) is 99.2 Å². The first-order chi connectivity index (χ1) is 17.1.